The fraction of sp³-hybridized carbons (Fsp3) is 0.231. The molecular formula is C26H26Br2N2O4. The van der Waals surface area contributed by atoms with Gasteiger partial charge in [-0.1, -0.05) is 26.0 Å². The van der Waals surface area contributed by atoms with Crippen molar-refractivity contribution >= 4 is 55.0 Å². The third kappa shape index (κ3) is 6.84. The van der Waals surface area contributed by atoms with E-state index >= 15 is 0 Å². The molecule has 0 aromatic heterocycles. The Labute approximate surface area is 216 Å². The van der Waals surface area contributed by atoms with Gasteiger partial charge in [0.05, 0.1) is 33.5 Å². The zero-order chi connectivity index (χ0) is 24.5. The highest BCUT2D eigenvalue weighted by atomic mass is 79.9. The van der Waals surface area contributed by atoms with Gasteiger partial charge in [-0.25, -0.2) is 0 Å². The highest BCUT2D eigenvalue weighted by Gasteiger charge is 2.15. The van der Waals surface area contributed by atoms with Crippen LogP contribution in [-0.2, 0) is 0 Å². The number of hydrogen-bond acceptors (Lipinski definition) is 4. The van der Waals surface area contributed by atoms with Crippen molar-refractivity contribution in [3.63, 3.8) is 0 Å². The van der Waals surface area contributed by atoms with Crippen molar-refractivity contribution in [2.24, 2.45) is 0 Å². The molecule has 0 spiro atoms. The second kappa shape index (κ2) is 12.6. The molecule has 0 atom stereocenters. The van der Waals surface area contributed by atoms with Crippen LogP contribution in [0.5, 0.6) is 11.5 Å². The van der Waals surface area contributed by atoms with Crippen molar-refractivity contribution in [3.8, 4) is 11.5 Å². The van der Waals surface area contributed by atoms with E-state index in [0.29, 0.717) is 56.2 Å². The number of nitrogens with one attached hydrogen (secondary N) is 2. The van der Waals surface area contributed by atoms with E-state index in [2.05, 4.69) is 42.5 Å². The Morgan fingerprint density at radius 2 is 1.12 bits per heavy atom. The van der Waals surface area contributed by atoms with Crippen molar-refractivity contribution in [1.82, 2.24) is 0 Å². The van der Waals surface area contributed by atoms with Gasteiger partial charge in [0.15, 0.2) is 0 Å². The lowest BCUT2D eigenvalue weighted by Crippen LogP contribution is -2.17. The molecule has 8 heteroatoms. The number of anilines is 2. The van der Waals surface area contributed by atoms with Gasteiger partial charge in [-0.15, -0.1) is 0 Å². The highest BCUT2D eigenvalue weighted by Crippen LogP contribution is 2.29. The number of carbonyl (C=O) groups is 2. The fourth-order valence-electron chi connectivity index (χ4n) is 3.03. The summed E-state index contributed by atoms with van der Waals surface area (Å²) in [6, 6.07) is 17.4. The summed E-state index contributed by atoms with van der Waals surface area (Å²) in [6.45, 7) is 5.26. The van der Waals surface area contributed by atoms with E-state index in [1.54, 1.807) is 60.7 Å². The van der Waals surface area contributed by atoms with E-state index in [-0.39, 0.29) is 11.8 Å². The zero-order valence-electron chi connectivity index (χ0n) is 19.0. The molecule has 2 amide bonds. The summed E-state index contributed by atoms with van der Waals surface area (Å²) in [5.41, 5.74) is 1.90. The number of para-hydroxylation sites is 2. The van der Waals surface area contributed by atoms with Gasteiger partial charge in [-0.3, -0.25) is 9.59 Å². The van der Waals surface area contributed by atoms with E-state index in [1.807, 2.05) is 13.8 Å². The Morgan fingerprint density at radius 1 is 0.706 bits per heavy atom. The van der Waals surface area contributed by atoms with Crippen LogP contribution >= 0.6 is 31.9 Å². The predicted octanol–water partition coefficient (Wildman–Crippen LogP) is 7.29. The molecule has 0 heterocycles. The second-order valence-corrected chi connectivity index (χ2v) is 9.15. The van der Waals surface area contributed by atoms with Gasteiger partial charge in [0.25, 0.3) is 11.8 Å². The Hall–Kier alpha value is -2.84. The number of halogens is 2. The third-order valence-electron chi connectivity index (χ3n) is 4.73. The van der Waals surface area contributed by atoms with Gasteiger partial charge in [-0.2, -0.15) is 0 Å². The van der Waals surface area contributed by atoms with Gasteiger partial charge in [0, 0.05) is 11.1 Å². The van der Waals surface area contributed by atoms with Gasteiger partial charge in [0.2, 0.25) is 0 Å². The smallest absolute Gasteiger partial charge is 0.255 e. The summed E-state index contributed by atoms with van der Waals surface area (Å²) in [5, 5.41) is 5.75. The SMILES string of the molecule is CCCOc1ccc(C(=O)Nc2ccccc2NC(=O)c2ccc(OCCC)c(Br)c2)cc1Br. The molecule has 0 saturated heterocycles. The molecule has 3 rings (SSSR count). The molecule has 0 aliphatic heterocycles. The standard InChI is InChI=1S/C26H26Br2N2O4/c1-3-13-33-23-11-9-17(15-19(23)27)25(31)29-21-7-5-6-8-22(21)30-26(32)18-10-12-24(20(28)16-18)34-14-4-2/h5-12,15-16H,3-4,13-14H2,1-2H3,(H,29,31)(H,30,32). The molecule has 3 aromatic rings. The van der Waals surface area contributed by atoms with Crippen LogP contribution in [-0.4, -0.2) is 25.0 Å². The summed E-state index contributed by atoms with van der Waals surface area (Å²) in [5.74, 6) is 0.765. The third-order valence-corrected chi connectivity index (χ3v) is 5.97. The molecular weight excluding hydrogens is 564 g/mol. The van der Waals surface area contributed by atoms with Crippen LogP contribution in [0.3, 0.4) is 0 Å². The number of ether oxygens (including phenoxy) is 2. The van der Waals surface area contributed by atoms with Crippen LogP contribution in [0.25, 0.3) is 0 Å². The lowest BCUT2D eigenvalue weighted by molar-refractivity contribution is 0.101. The number of amides is 2. The van der Waals surface area contributed by atoms with Crippen molar-refractivity contribution < 1.29 is 19.1 Å². The molecule has 0 fully saturated rings. The van der Waals surface area contributed by atoms with Crippen LogP contribution in [0.2, 0.25) is 0 Å². The van der Waals surface area contributed by atoms with E-state index < -0.39 is 0 Å². The number of benzene rings is 3. The van der Waals surface area contributed by atoms with Crippen LogP contribution in [0, 0.1) is 0 Å². The van der Waals surface area contributed by atoms with Crippen LogP contribution in [0.15, 0.2) is 69.6 Å². The molecule has 0 radical (unpaired) electrons. The van der Waals surface area contributed by atoms with E-state index in [0.717, 1.165) is 12.8 Å². The second-order valence-electron chi connectivity index (χ2n) is 7.44. The molecule has 0 aliphatic carbocycles. The number of rotatable bonds is 10. The topological polar surface area (TPSA) is 76.7 Å². The van der Waals surface area contributed by atoms with Gasteiger partial charge < -0.3 is 20.1 Å². The maximum Gasteiger partial charge on any atom is 0.255 e. The lowest BCUT2D eigenvalue weighted by atomic mass is 10.1. The minimum Gasteiger partial charge on any atom is -0.492 e. The summed E-state index contributed by atoms with van der Waals surface area (Å²) in [6.07, 6.45) is 1.79. The zero-order valence-corrected chi connectivity index (χ0v) is 22.2. The monoisotopic (exact) mass is 588 g/mol. The largest absolute Gasteiger partial charge is 0.492 e. The highest BCUT2D eigenvalue weighted by molar-refractivity contribution is 9.10. The minimum atomic E-state index is -0.301. The van der Waals surface area contributed by atoms with Crippen molar-refractivity contribution in [2.45, 2.75) is 26.7 Å². The predicted molar refractivity (Wildman–Crippen MR) is 142 cm³/mol. The molecule has 3 aromatic carbocycles. The van der Waals surface area contributed by atoms with Crippen molar-refractivity contribution in [1.29, 1.82) is 0 Å². The summed E-state index contributed by atoms with van der Waals surface area (Å²) < 4.78 is 12.7. The first-order valence-electron chi connectivity index (χ1n) is 11.0. The lowest BCUT2D eigenvalue weighted by Gasteiger charge is -2.14. The van der Waals surface area contributed by atoms with Gasteiger partial charge >= 0.3 is 0 Å². The minimum absolute atomic E-state index is 0.301. The van der Waals surface area contributed by atoms with Crippen molar-refractivity contribution in [3.05, 3.63) is 80.7 Å². The first-order chi connectivity index (χ1) is 16.4. The normalized spacial score (nSPS) is 10.5. The molecule has 2 N–H and O–H groups in total. The average molecular weight is 590 g/mol. The Morgan fingerprint density at radius 3 is 1.47 bits per heavy atom. The maximum absolute atomic E-state index is 12.9. The molecule has 0 saturated carbocycles. The number of carbonyl (C=O) groups excluding carboxylic acids is 2. The summed E-state index contributed by atoms with van der Waals surface area (Å²) >= 11 is 6.91. The van der Waals surface area contributed by atoms with Crippen LogP contribution in [0.1, 0.15) is 47.4 Å². The molecule has 0 bridgehead atoms. The molecule has 0 unspecified atom stereocenters. The van der Waals surface area contributed by atoms with Gasteiger partial charge in [-0.05, 0) is 93.2 Å². The average Bonchev–Trinajstić information content (AvgIpc) is 2.83. The van der Waals surface area contributed by atoms with Crippen LogP contribution in [0.4, 0.5) is 11.4 Å². The fourth-order valence-corrected chi connectivity index (χ4v) is 4.02. The molecule has 0 aliphatic rings. The maximum atomic E-state index is 12.9. The first-order valence-corrected chi connectivity index (χ1v) is 12.6. The van der Waals surface area contributed by atoms with Crippen LogP contribution < -0.4 is 20.1 Å². The van der Waals surface area contributed by atoms with E-state index in [9.17, 15) is 9.59 Å². The summed E-state index contributed by atoms with van der Waals surface area (Å²) in [4.78, 5) is 25.7. The quantitative estimate of drug-likeness (QED) is 0.260. The van der Waals surface area contributed by atoms with Crippen molar-refractivity contribution in [2.75, 3.05) is 23.8 Å². The molecule has 6 nitrogen and oxygen atoms in total. The Bertz CT molecular complexity index is 1080. The number of hydrogen-bond donors (Lipinski definition) is 2. The van der Waals surface area contributed by atoms with E-state index in [4.69, 9.17) is 9.47 Å². The molecule has 178 valence electrons. The first kappa shape index (κ1) is 25.8. The van der Waals surface area contributed by atoms with Gasteiger partial charge in [0.1, 0.15) is 11.5 Å². The van der Waals surface area contributed by atoms with E-state index in [1.165, 1.54) is 0 Å². The Balaban J connectivity index is 1.72. The summed E-state index contributed by atoms with van der Waals surface area (Å²) in [7, 11) is 0. The Kier molecular flexibility index (Phi) is 9.53. The molecule has 34 heavy (non-hydrogen) atoms.